The van der Waals surface area contributed by atoms with E-state index in [4.69, 9.17) is 0 Å². The Morgan fingerprint density at radius 3 is 2.72 bits per heavy atom. The molecule has 0 radical (unpaired) electrons. The van der Waals surface area contributed by atoms with Gasteiger partial charge in [0.1, 0.15) is 5.69 Å². The van der Waals surface area contributed by atoms with Crippen molar-refractivity contribution in [3.8, 4) is 11.4 Å². The lowest BCUT2D eigenvalue weighted by Crippen LogP contribution is -2.12. The van der Waals surface area contributed by atoms with Crippen LogP contribution in [0.2, 0.25) is 0 Å². The van der Waals surface area contributed by atoms with Crippen molar-refractivity contribution in [3.63, 3.8) is 0 Å². The molecule has 0 spiro atoms. The Hall–Kier alpha value is -4.28. The topological polar surface area (TPSA) is 103 Å². The highest BCUT2D eigenvalue weighted by Gasteiger charge is 2.23. The van der Waals surface area contributed by atoms with Crippen LogP contribution >= 0.6 is 0 Å². The number of benzene rings is 1. The second-order valence-electron chi connectivity index (χ2n) is 7.17. The summed E-state index contributed by atoms with van der Waals surface area (Å²) in [6.07, 6.45) is 1.94. The van der Waals surface area contributed by atoms with Crippen LogP contribution in [0.5, 0.6) is 0 Å². The summed E-state index contributed by atoms with van der Waals surface area (Å²) in [6, 6.07) is 8.03. The van der Waals surface area contributed by atoms with Gasteiger partial charge in [-0.05, 0) is 30.7 Å². The fraction of sp³-hybridized carbons (Fsp3) is 0.143. The molecule has 0 aliphatic heterocycles. The molecule has 0 unspecified atom stereocenters. The smallest absolute Gasteiger partial charge is 0.293 e. The van der Waals surface area contributed by atoms with Crippen LogP contribution in [0.1, 0.15) is 17.6 Å². The number of hydrogen-bond donors (Lipinski definition) is 1. The standard InChI is InChI=1S/C21H16F2N8O/c1-11-6-7-13-16(15(11)17(22)23)19-28-18(12-9-25-30(2)10-12)29-31(19)21(26-13)27-14-5-3-4-8-24-20(14)32/h3-10,17H,1-2H3,(H,24,26,27,32). The molecule has 5 rings (SSSR count). The average molecular weight is 434 g/mol. The van der Waals surface area contributed by atoms with Gasteiger partial charge in [0, 0.05) is 25.0 Å². The number of anilines is 2. The van der Waals surface area contributed by atoms with Crippen molar-refractivity contribution in [1.29, 1.82) is 0 Å². The minimum Gasteiger partial charge on any atom is -0.319 e. The van der Waals surface area contributed by atoms with Crippen LogP contribution in [-0.2, 0) is 7.05 Å². The number of hydrogen-bond acceptors (Lipinski definition) is 7. The van der Waals surface area contributed by atoms with Crippen LogP contribution in [0.4, 0.5) is 20.4 Å². The summed E-state index contributed by atoms with van der Waals surface area (Å²) in [5.41, 5.74) is 1.01. The van der Waals surface area contributed by atoms with Gasteiger partial charge in [-0.3, -0.25) is 9.48 Å². The molecule has 0 saturated carbocycles. The van der Waals surface area contributed by atoms with E-state index in [1.165, 1.54) is 10.7 Å². The number of aromatic nitrogens is 7. The van der Waals surface area contributed by atoms with Crippen molar-refractivity contribution in [1.82, 2.24) is 34.3 Å². The molecule has 160 valence electrons. The summed E-state index contributed by atoms with van der Waals surface area (Å²) in [6.45, 7) is 1.61. The summed E-state index contributed by atoms with van der Waals surface area (Å²) >= 11 is 0. The first-order valence-corrected chi connectivity index (χ1v) is 9.62. The molecule has 4 aromatic heterocycles. The van der Waals surface area contributed by atoms with E-state index in [-0.39, 0.29) is 34.1 Å². The third-order valence-corrected chi connectivity index (χ3v) is 5.01. The molecule has 1 aromatic carbocycles. The molecular weight excluding hydrogens is 418 g/mol. The van der Waals surface area contributed by atoms with E-state index in [0.29, 0.717) is 16.6 Å². The van der Waals surface area contributed by atoms with E-state index < -0.39 is 12.0 Å². The lowest BCUT2D eigenvalue weighted by molar-refractivity contribution is 0.152. The highest BCUT2D eigenvalue weighted by Crippen LogP contribution is 2.34. The number of fused-ring (bicyclic) bond motifs is 3. The zero-order chi connectivity index (χ0) is 22.4. The Morgan fingerprint density at radius 1 is 1.12 bits per heavy atom. The molecular formula is C21H16F2N8O. The van der Waals surface area contributed by atoms with Crippen molar-refractivity contribution in [2.24, 2.45) is 7.05 Å². The third-order valence-electron chi connectivity index (χ3n) is 5.01. The summed E-state index contributed by atoms with van der Waals surface area (Å²) < 4.78 is 30.9. The summed E-state index contributed by atoms with van der Waals surface area (Å²) in [4.78, 5) is 25.1. The van der Waals surface area contributed by atoms with Crippen LogP contribution in [0.3, 0.4) is 0 Å². The number of halogens is 2. The summed E-state index contributed by atoms with van der Waals surface area (Å²) in [5, 5.41) is 11.7. The van der Waals surface area contributed by atoms with Gasteiger partial charge in [-0.2, -0.15) is 9.61 Å². The SMILES string of the molecule is Cc1ccc2nc(Nc3ccccnc3=O)n3nc(-c4cnn(C)c4)nc3c2c1C(F)F. The molecule has 1 N–H and O–H groups in total. The third kappa shape index (κ3) is 3.23. The molecule has 11 heteroatoms. The molecule has 0 atom stereocenters. The minimum absolute atomic E-state index is 0.143. The lowest BCUT2D eigenvalue weighted by Gasteiger charge is -2.12. The first kappa shape index (κ1) is 19.7. The minimum atomic E-state index is -2.73. The van der Waals surface area contributed by atoms with Gasteiger partial charge in [0.2, 0.25) is 5.95 Å². The van der Waals surface area contributed by atoms with Crippen molar-refractivity contribution in [2.75, 3.05) is 5.32 Å². The normalized spacial score (nSPS) is 11.5. The Kier molecular flexibility index (Phi) is 4.58. The number of aryl methyl sites for hydroxylation is 2. The molecule has 0 saturated heterocycles. The molecule has 0 bridgehead atoms. The fourth-order valence-electron chi connectivity index (χ4n) is 3.51. The summed E-state index contributed by atoms with van der Waals surface area (Å²) in [7, 11) is 1.75. The number of alkyl halides is 2. The Balaban J connectivity index is 1.84. The molecule has 0 amide bonds. The van der Waals surface area contributed by atoms with E-state index in [0.717, 1.165) is 0 Å². The number of rotatable bonds is 4. The maximum Gasteiger partial charge on any atom is 0.293 e. The number of nitrogens with one attached hydrogen (secondary N) is 1. The van der Waals surface area contributed by atoms with E-state index in [9.17, 15) is 13.6 Å². The summed E-state index contributed by atoms with van der Waals surface area (Å²) in [5.74, 6) is 0.431. The van der Waals surface area contributed by atoms with Crippen molar-refractivity contribution in [3.05, 3.63) is 70.4 Å². The predicted molar refractivity (Wildman–Crippen MR) is 114 cm³/mol. The maximum absolute atomic E-state index is 14.0. The van der Waals surface area contributed by atoms with Crippen LogP contribution < -0.4 is 10.9 Å². The first-order chi connectivity index (χ1) is 15.4. The predicted octanol–water partition coefficient (Wildman–Crippen LogP) is 3.42. The molecule has 0 fully saturated rings. The lowest BCUT2D eigenvalue weighted by atomic mass is 10.0. The van der Waals surface area contributed by atoms with Crippen LogP contribution in [0.15, 0.2) is 53.7 Å². The zero-order valence-electron chi connectivity index (χ0n) is 17.0. The van der Waals surface area contributed by atoms with Gasteiger partial charge < -0.3 is 5.32 Å². The Bertz CT molecular complexity index is 1540. The first-order valence-electron chi connectivity index (χ1n) is 9.62. The molecule has 9 nitrogen and oxygen atoms in total. The zero-order valence-corrected chi connectivity index (χ0v) is 17.0. The van der Waals surface area contributed by atoms with Crippen LogP contribution in [-0.4, -0.2) is 34.3 Å². The largest absolute Gasteiger partial charge is 0.319 e. The van der Waals surface area contributed by atoms with Crippen molar-refractivity contribution >= 4 is 28.2 Å². The van der Waals surface area contributed by atoms with Crippen LogP contribution in [0.25, 0.3) is 27.9 Å². The Labute approximate surface area is 179 Å². The van der Waals surface area contributed by atoms with Gasteiger partial charge in [-0.1, -0.05) is 12.1 Å². The van der Waals surface area contributed by atoms with E-state index in [2.05, 4.69) is 30.5 Å². The monoisotopic (exact) mass is 434 g/mol. The van der Waals surface area contributed by atoms with Gasteiger partial charge in [-0.25, -0.2) is 23.7 Å². The second-order valence-corrected chi connectivity index (χ2v) is 7.17. The van der Waals surface area contributed by atoms with E-state index in [1.807, 2.05) is 0 Å². The average Bonchev–Trinajstić information content (AvgIpc) is 3.33. The second kappa shape index (κ2) is 7.45. The molecule has 32 heavy (non-hydrogen) atoms. The molecule has 4 heterocycles. The molecule has 0 aliphatic carbocycles. The van der Waals surface area contributed by atoms with Gasteiger partial charge in [0.25, 0.3) is 12.0 Å². The van der Waals surface area contributed by atoms with E-state index >= 15 is 0 Å². The number of nitrogens with zero attached hydrogens (tertiary/aromatic N) is 7. The van der Waals surface area contributed by atoms with Gasteiger partial charge in [-0.15, -0.1) is 5.10 Å². The fourth-order valence-corrected chi connectivity index (χ4v) is 3.51. The molecule has 0 aliphatic rings. The van der Waals surface area contributed by atoms with Crippen LogP contribution in [0, 0.1) is 6.92 Å². The maximum atomic E-state index is 14.0. The van der Waals surface area contributed by atoms with Crippen molar-refractivity contribution < 1.29 is 8.78 Å². The molecule has 5 aromatic rings. The van der Waals surface area contributed by atoms with Crippen molar-refractivity contribution in [2.45, 2.75) is 13.3 Å². The highest BCUT2D eigenvalue weighted by molar-refractivity contribution is 5.97. The Morgan fingerprint density at radius 2 is 1.97 bits per heavy atom. The van der Waals surface area contributed by atoms with Gasteiger partial charge in [0.05, 0.1) is 22.7 Å². The van der Waals surface area contributed by atoms with E-state index in [1.54, 1.807) is 61.4 Å². The quantitative estimate of drug-likeness (QED) is 0.462. The van der Waals surface area contributed by atoms with Gasteiger partial charge in [0.15, 0.2) is 11.5 Å². The highest BCUT2D eigenvalue weighted by atomic mass is 19.3. The van der Waals surface area contributed by atoms with Gasteiger partial charge >= 0.3 is 0 Å².